The number of rotatable bonds is 2. The lowest BCUT2D eigenvalue weighted by Crippen LogP contribution is -1.94. The topological polar surface area (TPSA) is 81.5 Å². The second-order valence-electron chi connectivity index (χ2n) is 3.55. The van der Waals surface area contributed by atoms with E-state index in [1.165, 1.54) is 19.2 Å². The number of ether oxygens (including phenoxy) is 1. The quantitative estimate of drug-likeness (QED) is 0.837. The summed E-state index contributed by atoms with van der Waals surface area (Å²) in [7, 11) is 1.27. The molecule has 1 heterocycles. The highest BCUT2D eigenvalue weighted by Crippen LogP contribution is 2.41. The zero-order valence-corrected chi connectivity index (χ0v) is 9.32. The number of nitrogens with two attached hydrogens (primary N) is 1. The van der Waals surface area contributed by atoms with Gasteiger partial charge in [0.2, 0.25) is 5.88 Å². The van der Waals surface area contributed by atoms with E-state index in [2.05, 4.69) is 5.16 Å². The van der Waals surface area contributed by atoms with E-state index in [1.807, 2.05) is 0 Å². The van der Waals surface area contributed by atoms with Crippen molar-refractivity contribution < 1.29 is 18.8 Å². The Kier molecular flexibility index (Phi) is 2.63. The van der Waals surface area contributed by atoms with E-state index in [1.54, 1.807) is 6.92 Å². The molecule has 1 aromatic carbocycles. The van der Waals surface area contributed by atoms with Gasteiger partial charge >= 0.3 is 0 Å². The molecule has 0 unspecified atom stereocenters. The maximum atomic E-state index is 13.5. The van der Waals surface area contributed by atoms with E-state index >= 15 is 0 Å². The Morgan fingerprint density at radius 2 is 2.18 bits per heavy atom. The molecule has 17 heavy (non-hydrogen) atoms. The highest BCUT2D eigenvalue weighted by Gasteiger charge is 2.20. The molecule has 0 spiro atoms. The highest BCUT2D eigenvalue weighted by molar-refractivity contribution is 5.75. The number of nitrogens with zero attached hydrogens (tertiary/aromatic N) is 1. The standard InChI is InChI=1S/C11H11FN2O3/c1-5-3-6(12)11(16-2)10(15)9(5)7-4-8(13)17-14-7/h3-4,15H,13H2,1-2H3. The van der Waals surface area contributed by atoms with Crippen LogP contribution in [-0.2, 0) is 0 Å². The Labute approximate surface area is 96.6 Å². The van der Waals surface area contributed by atoms with Crippen LogP contribution in [0.5, 0.6) is 11.5 Å². The Balaban J connectivity index is 2.69. The predicted octanol–water partition coefficient (Wildman–Crippen LogP) is 2.09. The summed E-state index contributed by atoms with van der Waals surface area (Å²) in [5, 5.41) is 13.6. The molecule has 0 saturated carbocycles. The van der Waals surface area contributed by atoms with Gasteiger partial charge in [0, 0.05) is 6.07 Å². The van der Waals surface area contributed by atoms with Crippen molar-refractivity contribution in [2.45, 2.75) is 6.92 Å². The second-order valence-corrected chi connectivity index (χ2v) is 3.55. The van der Waals surface area contributed by atoms with E-state index in [4.69, 9.17) is 15.0 Å². The summed E-state index contributed by atoms with van der Waals surface area (Å²) in [5.41, 5.74) is 6.58. The van der Waals surface area contributed by atoms with Crippen LogP contribution < -0.4 is 10.5 Å². The molecular weight excluding hydrogens is 227 g/mol. The van der Waals surface area contributed by atoms with Gasteiger partial charge in [-0.2, -0.15) is 0 Å². The van der Waals surface area contributed by atoms with Gasteiger partial charge in [0.1, 0.15) is 5.69 Å². The largest absolute Gasteiger partial charge is 0.504 e. The molecule has 6 heteroatoms. The van der Waals surface area contributed by atoms with Gasteiger partial charge in [0.15, 0.2) is 17.3 Å². The van der Waals surface area contributed by atoms with Gasteiger partial charge in [-0.3, -0.25) is 0 Å². The smallest absolute Gasteiger partial charge is 0.222 e. The molecule has 0 aliphatic rings. The molecule has 0 amide bonds. The number of phenols is 1. The SMILES string of the molecule is COc1c(F)cc(C)c(-c2cc(N)on2)c1O. The highest BCUT2D eigenvalue weighted by atomic mass is 19.1. The van der Waals surface area contributed by atoms with Crippen molar-refractivity contribution in [3.8, 4) is 22.8 Å². The lowest BCUT2D eigenvalue weighted by atomic mass is 10.0. The molecule has 5 nitrogen and oxygen atoms in total. The fraction of sp³-hybridized carbons (Fsp3) is 0.182. The number of methoxy groups -OCH3 is 1. The monoisotopic (exact) mass is 238 g/mol. The number of nitrogen functional groups attached to an aromatic ring is 1. The minimum Gasteiger partial charge on any atom is -0.504 e. The van der Waals surface area contributed by atoms with E-state index in [-0.39, 0.29) is 17.4 Å². The maximum Gasteiger partial charge on any atom is 0.222 e. The molecular formula is C11H11FN2O3. The minimum absolute atomic E-state index is 0.113. The van der Waals surface area contributed by atoms with Crippen LogP contribution in [0.4, 0.5) is 10.3 Å². The minimum atomic E-state index is -0.636. The van der Waals surface area contributed by atoms with Crippen molar-refractivity contribution in [2.75, 3.05) is 12.8 Å². The third-order valence-electron chi connectivity index (χ3n) is 2.40. The molecule has 0 aliphatic carbocycles. The maximum absolute atomic E-state index is 13.5. The molecule has 90 valence electrons. The number of aromatic hydroxyl groups is 1. The normalized spacial score (nSPS) is 10.5. The van der Waals surface area contributed by atoms with Crippen LogP contribution in [-0.4, -0.2) is 17.4 Å². The molecule has 0 aliphatic heterocycles. The van der Waals surface area contributed by atoms with Crippen molar-refractivity contribution in [2.24, 2.45) is 0 Å². The molecule has 3 N–H and O–H groups in total. The fourth-order valence-corrected chi connectivity index (χ4v) is 1.67. The Hall–Kier alpha value is -2.24. The van der Waals surface area contributed by atoms with Crippen LogP contribution in [0.3, 0.4) is 0 Å². The molecule has 1 aromatic heterocycles. The number of hydrogen-bond donors (Lipinski definition) is 2. The molecule has 0 bridgehead atoms. The molecule has 2 rings (SSSR count). The average molecular weight is 238 g/mol. The number of aryl methyl sites for hydroxylation is 1. The van der Waals surface area contributed by atoms with E-state index < -0.39 is 5.82 Å². The van der Waals surface area contributed by atoms with Crippen molar-refractivity contribution in [3.05, 3.63) is 23.5 Å². The molecule has 0 radical (unpaired) electrons. The van der Waals surface area contributed by atoms with Crippen molar-refractivity contribution >= 4 is 5.88 Å². The van der Waals surface area contributed by atoms with Gasteiger partial charge in [-0.1, -0.05) is 5.16 Å². The number of anilines is 1. The molecule has 0 saturated heterocycles. The summed E-state index contributed by atoms with van der Waals surface area (Å²) in [6, 6.07) is 2.69. The summed E-state index contributed by atoms with van der Waals surface area (Å²) in [4.78, 5) is 0. The third-order valence-corrected chi connectivity index (χ3v) is 2.40. The number of aromatic nitrogens is 1. The zero-order valence-electron chi connectivity index (χ0n) is 9.32. The van der Waals surface area contributed by atoms with E-state index in [9.17, 15) is 9.50 Å². The lowest BCUT2D eigenvalue weighted by molar-refractivity contribution is 0.351. The fourth-order valence-electron chi connectivity index (χ4n) is 1.67. The van der Waals surface area contributed by atoms with Crippen LogP contribution in [0.15, 0.2) is 16.7 Å². The number of phenolic OH excluding ortho intramolecular Hbond substituents is 1. The van der Waals surface area contributed by atoms with Crippen LogP contribution in [0, 0.1) is 12.7 Å². The third kappa shape index (κ3) is 1.77. The predicted molar refractivity (Wildman–Crippen MR) is 59.3 cm³/mol. The summed E-state index contributed by atoms with van der Waals surface area (Å²) in [5.74, 6) is -1.07. The number of halogens is 1. The molecule has 0 atom stereocenters. The van der Waals surface area contributed by atoms with Crippen LogP contribution in [0.1, 0.15) is 5.56 Å². The second kappa shape index (κ2) is 3.97. The number of benzene rings is 1. The van der Waals surface area contributed by atoms with Crippen LogP contribution >= 0.6 is 0 Å². The van der Waals surface area contributed by atoms with Crippen molar-refractivity contribution in [3.63, 3.8) is 0 Å². The molecule has 0 fully saturated rings. The summed E-state index contributed by atoms with van der Waals surface area (Å²) >= 11 is 0. The average Bonchev–Trinajstić information content (AvgIpc) is 2.64. The van der Waals surface area contributed by atoms with Crippen LogP contribution in [0.2, 0.25) is 0 Å². The first-order valence-electron chi connectivity index (χ1n) is 4.83. The van der Waals surface area contributed by atoms with Gasteiger partial charge in [-0.15, -0.1) is 0 Å². The number of hydrogen-bond acceptors (Lipinski definition) is 5. The Morgan fingerprint density at radius 3 is 2.71 bits per heavy atom. The summed E-state index contributed by atoms with van der Waals surface area (Å²) < 4.78 is 23.0. The summed E-state index contributed by atoms with van der Waals surface area (Å²) in [6.07, 6.45) is 0. The Bertz CT molecular complexity index is 566. The van der Waals surface area contributed by atoms with E-state index in [0.29, 0.717) is 16.8 Å². The van der Waals surface area contributed by atoms with Gasteiger partial charge < -0.3 is 20.1 Å². The van der Waals surface area contributed by atoms with Gasteiger partial charge in [-0.05, 0) is 18.6 Å². The Morgan fingerprint density at radius 1 is 1.47 bits per heavy atom. The summed E-state index contributed by atoms with van der Waals surface area (Å²) in [6.45, 7) is 1.64. The van der Waals surface area contributed by atoms with Crippen molar-refractivity contribution in [1.82, 2.24) is 5.16 Å². The first-order chi connectivity index (χ1) is 8.04. The van der Waals surface area contributed by atoms with E-state index in [0.717, 1.165) is 0 Å². The van der Waals surface area contributed by atoms with Gasteiger partial charge in [-0.25, -0.2) is 4.39 Å². The van der Waals surface area contributed by atoms with Crippen LogP contribution in [0.25, 0.3) is 11.3 Å². The lowest BCUT2D eigenvalue weighted by Gasteiger charge is -2.10. The first kappa shape index (κ1) is 11.3. The molecule has 2 aromatic rings. The van der Waals surface area contributed by atoms with Gasteiger partial charge in [0.05, 0.1) is 12.7 Å². The zero-order chi connectivity index (χ0) is 12.6. The van der Waals surface area contributed by atoms with Gasteiger partial charge in [0.25, 0.3) is 0 Å². The van der Waals surface area contributed by atoms with Crippen molar-refractivity contribution in [1.29, 1.82) is 0 Å². The first-order valence-corrected chi connectivity index (χ1v) is 4.83.